The van der Waals surface area contributed by atoms with Crippen LogP contribution in [0.15, 0.2) is 53.6 Å². The van der Waals surface area contributed by atoms with Crippen molar-refractivity contribution in [2.75, 3.05) is 26.6 Å². The van der Waals surface area contributed by atoms with Crippen LogP contribution in [-0.2, 0) is 16.4 Å². The van der Waals surface area contributed by atoms with Crippen LogP contribution >= 0.6 is 0 Å². The quantitative estimate of drug-likeness (QED) is 0.558. The average molecular weight is 430 g/mol. The fraction of sp³-hybridized carbons (Fsp3) is 0.200. The Kier molecular flexibility index (Phi) is 6.38. The predicted molar refractivity (Wildman–Crippen MR) is 112 cm³/mol. The van der Waals surface area contributed by atoms with Crippen LogP contribution in [0, 0.1) is 0 Å². The molecule has 3 N–H and O–H groups in total. The van der Waals surface area contributed by atoms with Gasteiger partial charge in [0.05, 0.1) is 26.2 Å². The van der Waals surface area contributed by atoms with Crippen molar-refractivity contribution in [2.45, 2.75) is 11.3 Å². The van der Waals surface area contributed by atoms with Gasteiger partial charge in [0, 0.05) is 18.3 Å². The van der Waals surface area contributed by atoms with Crippen molar-refractivity contribution in [3.8, 4) is 17.2 Å². The molecule has 10 heteroatoms. The van der Waals surface area contributed by atoms with Crippen molar-refractivity contribution < 1.29 is 22.6 Å². The van der Waals surface area contributed by atoms with Gasteiger partial charge in [-0.3, -0.25) is 0 Å². The molecule has 0 atom stereocenters. The van der Waals surface area contributed by atoms with E-state index in [0.717, 1.165) is 5.56 Å². The van der Waals surface area contributed by atoms with Gasteiger partial charge in [0.25, 0.3) is 0 Å². The van der Waals surface area contributed by atoms with Crippen LogP contribution in [0.1, 0.15) is 11.4 Å². The van der Waals surface area contributed by atoms with E-state index in [2.05, 4.69) is 15.3 Å². The lowest BCUT2D eigenvalue weighted by Gasteiger charge is -2.14. The molecule has 0 aliphatic rings. The molecule has 0 bridgehead atoms. The van der Waals surface area contributed by atoms with Crippen LogP contribution in [0.3, 0.4) is 0 Å². The highest BCUT2D eigenvalue weighted by Gasteiger charge is 2.14. The third-order valence-electron chi connectivity index (χ3n) is 4.23. The third kappa shape index (κ3) is 4.97. The Balaban J connectivity index is 1.85. The molecule has 0 radical (unpaired) electrons. The van der Waals surface area contributed by atoms with Gasteiger partial charge in [-0.15, -0.1) is 0 Å². The molecule has 1 heterocycles. The number of primary sulfonamides is 1. The molecule has 0 aliphatic heterocycles. The van der Waals surface area contributed by atoms with Crippen LogP contribution < -0.4 is 24.7 Å². The summed E-state index contributed by atoms with van der Waals surface area (Å²) in [5, 5.41) is 8.25. The van der Waals surface area contributed by atoms with Crippen molar-refractivity contribution in [1.82, 2.24) is 9.97 Å². The summed E-state index contributed by atoms with van der Waals surface area (Å²) in [7, 11) is 0.859. The number of nitrogens with one attached hydrogen (secondary N) is 1. The average Bonchev–Trinajstić information content (AvgIpc) is 2.72. The molecule has 30 heavy (non-hydrogen) atoms. The molecule has 0 spiro atoms. The maximum Gasteiger partial charge on any atom is 0.238 e. The number of aromatic nitrogens is 2. The normalized spacial score (nSPS) is 11.1. The third-order valence-corrected chi connectivity index (χ3v) is 5.14. The van der Waals surface area contributed by atoms with E-state index >= 15 is 0 Å². The molecule has 0 fully saturated rings. The number of ether oxygens (including phenoxy) is 3. The first-order valence-electron chi connectivity index (χ1n) is 8.84. The number of hydrogen-bond donors (Lipinski definition) is 2. The maximum atomic E-state index is 11.5. The number of rotatable bonds is 8. The zero-order chi connectivity index (χ0) is 21.7. The van der Waals surface area contributed by atoms with Crippen LogP contribution in [0.5, 0.6) is 17.2 Å². The summed E-state index contributed by atoms with van der Waals surface area (Å²) < 4.78 is 39.2. The molecule has 0 aliphatic carbocycles. The SMILES string of the molecule is COc1cc(Cc2nccc(Nc3cccc(S(N)(=O)=O)c3)n2)cc(OC)c1OC. The van der Waals surface area contributed by atoms with Gasteiger partial charge in [-0.05, 0) is 42.0 Å². The molecular weight excluding hydrogens is 408 g/mol. The second-order valence-electron chi connectivity index (χ2n) is 6.27. The largest absolute Gasteiger partial charge is 0.493 e. The van der Waals surface area contributed by atoms with E-state index in [1.54, 1.807) is 45.7 Å². The zero-order valence-corrected chi connectivity index (χ0v) is 17.6. The van der Waals surface area contributed by atoms with Gasteiger partial charge in [0.1, 0.15) is 11.6 Å². The number of anilines is 2. The smallest absolute Gasteiger partial charge is 0.238 e. The van der Waals surface area contributed by atoms with Crippen molar-refractivity contribution in [1.29, 1.82) is 0 Å². The molecule has 0 saturated heterocycles. The van der Waals surface area contributed by atoms with Crippen LogP contribution in [0.4, 0.5) is 11.5 Å². The van der Waals surface area contributed by atoms with E-state index in [1.807, 2.05) is 12.1 Å². The Morgan fingerprint density at radius 1 is 1.00 bits per heavy atom. The molecule has 9 nitrogen and oxygen atoms in total. The van der Waals surface area contributed by atoms with Gasteiger partial charge in [-0.1, -0.05) is 6.07 Å². The van der Waals surface area contributed by atoms with E-state index in [9.17, 15) is 8.42 Å². The standard InChI is InChI=1S/C20H22N4O5S/c1-27-16-9-13(10-17(28-2)20(16)29-3)11-19-22-8-7-18(24-19)23-14-5-4-6-15(12-14)30(21,25)26/h4-10,12H,11H2,1-3H3,(H2,21,25,26)(H,22,23,24). The topological polar surface area (TPSA) is 126 Å². The lowest BCUT2D eigenvalue weighted by atomic mass is 10.1. The molecular formula is C20H22N4O5S. The summed E-state index contributed by atoms with van der Waals surface area (Å²) in [6.07, 6.45) is 2.04. The Morgan fingerprint density at radius 3 is 2.30 bits per heavy atom. The fourth-order valence-electron chi connectivity index (χ4n) is 2.87. The van der Waals surface area contributed by atoms with Crippen molar-refractivity contribution in [3.63, 3.8) is 0 Å². The highest BCUT2D eigenvalue weighted by Crippen LogP contribution is 2.38. The summed E-state index contributed by atoms with van der Waals surface area (Å²) >= 11 is 0. The van der Waals surface area contributed by atoms with Crippen molar-refractivity contribution in [3.05, 3.63) is 60.0 Å². The highest BCUT2D eigenvalue weighted by molar-refractivity contribution is 7.89. The number of sulfonamides is 1. The van der Waals surface area contributed by atoms with Gasteiger partial charge in [-0.2, -0.15) is 0 Å². The summed E-state index contributed by atoms with van der Waals surface area (Å²) in [6, 6.07) is 11.5. The fourth-order valence-corrected chi connectivity index (χ4v) is 3.43. The second kappa shape index (κ2) is 8.97. The first kappa shape index (κ1) is 21.3. The van der Waals surface area contributed by atoms with Gasteiger partial charge < -0.3 is 19.5 Å². The van der Waals surface area contributed by atoms with Gasteiger partial charge in [0.15, 0.2) is 11.5 Å². The minimum absolute atomic E-state index is 0.0132. The Hall–Kier alpha value is -3.37. The van der Waals surface area contributed by atoms with Crippen LogP contribution in [-0.4, -0.2) is 39.7 Å². The van der Waals surface area contributed by atoms with Crippen molar-refractivity contribution in [2.24, 2.45) is 5.14 Å². The predicted octanol–water partition coefficient (Wildman–Crippen LogP) is 2.48. The van der Waals surface area contributed by atoms with E-state index < -0.39 is 10.0 Å². The molecule has 3 aromatic rings. The van der Waals surface area contributed by atoms with Crippen LogP contribution in [0.2, 0.25) is 0 Å². The molecule has 0 unspecified atom stereocenters. The lowest BCUT2D eigenvalue weighted by molar-refractivity contribution is 0.324. The van der Waals surface area contributed by atoms with Crippen LogP contribution in [0.25, 0.3) is 0 Å². The summed E-state index contributed by atoms with van der Waals surface area (Å²) in [4.78, 5) is 8.81. The van der Waals surface area contributed by atoms with E-state index in [4.69, 9.17) is 19.3 Å². The van der Waals surface area contributed by atoms with E-state index in [0.29, 0.717) is 41.0 Å². The molecule has 2 aromatic carbocycles. The Labute approximate surface area is 174 Å². The Morgan fingerprint density at radius 2 is 1.70 bits per heavy atom. The minimum Gasteiger partial charge on any atom is -0.493 e. The summed E-state index contributed by atoms with van der Waals surface area (Å²) in [6.45, 7) is 0. The van der Waals surface area contributed by atoms with Gasteiger partial charge >= 0.3 is 0 Å². The van der Waals surface area contributed by atoms with Gasteiger partial charge in [-0.25, -0.2) is 23.5 Å². The first-order valence-corrected chi connectivity index (χ1v) is 10.4. The van der Waals surface area contributed by atoms with E-state index in [-0.39, 0.29) is 4.90 Å². The Bertz CT molecular complexity index is 1130. The lowest BCUT2D eigenvalue weighted by Crippen LogP contribution is -2.12. The van der Waals surface area contributed by atoms with Crippen molar-refractivity contribution >= 4 is 21.5 Å². The minimum atomic E-state index is -3.79. The zero-order valence-electron chi connectivity index (χ0n) is 16.7. The van der Waals surface area contributed by atoms with E-state index in [1.165, 1.54) is 12.1 Å². The number of methoxy groups -OCH3 is 3. The number of hydrogen-bond acceptors (Lipinski definition) is 8. The molecule has 1 aromatic heterocycles. The second-order valence-corrected chi connectivity index (χ2v) is 7.83. The number of benzene rings is 2. The monoisotopic (exact) mass is 430 g/mol. The highest BCUT2D eigenvalue weighted by atomic mass is 32.2. The summed E-state index contributed by atoms with van der Waals surface area (Å²) in [5.41, 5.74) is 1.41. The maximum absolute atomic E-state index is 11.5. The van der Waals surface area contributed by atoms with Gasteiger partial charge in [0.2, 0.25) is 15.8 Å². The number of nitrogens with two attached hydrogens (primary N) is 1. The molecule has 158 valence electrons. The molecule has 3 rings (SSSR count). The molecule has 0 amide bonds. The molecule has 0 saturated carbocycles. The number of nitrogens with zero attached hydrogens (tertiary/aromatic N) is 2. The summed E-state index contributed by atoms with van der Waals surface area (Å²) in [5.74, 6) is 2.66. The first-order chi connectivity index (χ1) is 14.3.